The van der Waals surface area contributed by atoms with Gasteiger partial charge in [-0.1, -0.05) is 6.07 Å². The van der Waals surface area contributed by atoms with E-state index in [1.165, 1.54) is 40.4 Å². The molecule has 0 spiro atoms. The van der Waals surface area contributed by atoms with Crippen LogP contribution in [0, 0.1) is 6.92 Å². The van der Waals surface area contributed by atoms with E-state index in [1.54, 1.807) is 37.3 Å². The maximum absolute atomic E-state index is 12.5. The number of hydrogen-bond acceptors (Lipinski definition) is 5. The van der Waals surface area contributed by atoms with Crippen LogP contribution >= 0.6 is 0 Å². The Labute approximate surface area is 164 Å². The molecule has 0 aliphatic rings. The predicted octanol–water partition coefficient (Wildman–Crippen LogP) is 2.28. The van der Waals surface area contributed by atoms with Gasteiger partial charge in [0.1, 0.15) is 0 Å². The first kappa shape index (κ1) is 21.4. The van der Waals surface area contributed by atoms with Crippen LogP contribution in [0.3, 0.4) is 0 Å². The Balaban J connectivity index is 2.22. The smallest absolute Gasteiger partial charge is 0.338 e. The quantitative estimate of drug-likeness (QED) is 0.744. The van der Waals surface area contributed by atoms with Crippen molar-refractivity contribution in [1.29, 1.82) is 0 Å². The number of esters is 1. The van der Waals surface area contributed by atoms with Crippen LogP contribution in [0.25, 0.3) is 0 Å². The van der Waals surface area contributed by atoms with Crippen molar-refractivity contribution in [3.05, 3.63) is 59.2 Å². The maximum Gasteiger partial charge on any atom is 0.338 e. The Kier molecular flexibility index (Phi) is 6.42. The molecule has 0 radical (unpaired) electrons. The van der Waals surface area contributed by atoms with Crippen LogP contribution in [0.4, 0.5) is 11.4 Å². The molecule has 2 rings (SSSR count). The zero-order chi connectivity index (χ0) is 21.1. The second-order valence-electron chi connectivity index (χ2n) is 6.23. The molecule has 0 aromatic heterocycles. The average molecular weight is 405 g/mol. The molecule has 0 atom stereocenters. The van der Waals surface area contributed by atoms with Crippen LogP contribution in [0.1, 0.15) is 26.3 Å². The number of ether oxygens (including phenoxy) is 1. The van der Waals surface area contributed by atoms with E-state index in [-0.39, 0.29) is 5.91 Å². The van der Waals surface area contributed by atoms with Gasteiger partial charge in [0.05, 0.1) is 18.4 Å². The Morgan fingerprint density at radius 1 is 1.00 bits per heavy atom. The number of benzene rings is 2. The minimum absolute atomic E-state index is 0.349. The number of amides is 1. The van der Waals surface area contributed by atoms with Crippen LogP contribution in [-0.2, 0) is 14.9 Å². The first-order chi connectivity index (χ1) is 13.1. The highest BCUT2D eigenvalue weighted by Gasteiger charge is 2.21. The molecule has 0 heterocycles. The van der Waals surface area contributed by atoms with E-state index < -0.39 is 16.2 Å². The highest BCUT2D eigenvalue weighted by atomic mass is 32.2. The van der Waals surface area contributed by atoms with Gasteiger partial charge in [0.25, 0.3) is 5.91 Å². The Hall–Kier alpha value is -2.91. The lowest BCUT2D eigenvalue weighted by atomic mass is 10.1. The summed E-state index contributed by atoms with van der Waals surface area (Å²) in [6.45, 7) is 1.71. The Morgan fingerprint density at radius 3 is 2.14 bits per heavy atom. The summed E-state index contributed by atoms with van der Waals surface area (Å²) in [5.74, 6) is -0.863. The monoisotopic (exact) mass is 405 g/mol. The number of carbonyl (C=O) groups is 2. The van der Waals surface area contributed by atoms with Crippen molar-refractivity contribution >= 4 is 33.5 Å². The number of nitrogens with one attached hydrogen (secondary N) is 1. The van der Waals surface area contributed by atoms with E-state index in [0.29, 0.717) is 28.1 Å². The van der Waals surface area contributed by atoms with Crippen LogP contribution in [0.5, 0.6) is 0 Å². The zero-order valence-corrected chi connectivity index (χ0v) is 17.2. The average Bonchev–Trinajstić information content (AvgIpc) is 2.68. The zero-order valence-electron chi connectivity index (χ0n) is 16.4. The van der Waals surface area contributed by atoms with Gasteiger partial charge in [-0.2, -0.15) is 12.7 Å². The molecule has 0 aliphatic carbocycles. The van der Waals surface area contributed by atoms with E-state index in [2.05, 4.69) is 5.32 Å². The molecule has 28 heavy (non-hydrogen) atoms. The molecule has 0 aliphatic heterocycles. The summed E-state index contributed by atoms with van der Waals surface area (Å²) in [6, 6.07) is 11.1. The molecule has 9 heteroatoms. The van der Waals surface area contributed by atoms with Crippen molar-refractivity contribution in [3.8, 4) is 0 Å². The molecular formula is C19H23N3O5S. The van der Waals surface area contributed by atoms with Crippen molar-refractivity contribution in [2.24, 2.45) is 0 Å². The van der Waals surface area contributed by atoms with Crippen molar-refractivity contribution < 1.29 is 22.7 Å². The molecule has 150 valence electrons. The van der Waals surface area contributed by atoms with Gasteiger partial charge >= 0.3 is 16.2 Å². The highest BCUT2D eigenvalue weighted by molar-refractivity contribution is 7.90. The topological polar surface area (TPSA) is 96.0 Å². The molecule has 0 saturated carbocycles. The third-order valence-electron chi connectivity index (χ3n) is 4.29. The first-order valence-corrected chi connectivity index (χ1v) is 9.75. The number of nitrogens with zero attached hydrogens (tertiary/aromatic N) is 2. The molecule has 0 saturated heterocycles. The molecule has 2 aromatic rings. The van der Waals surface area contributed by atoms with Crippen LogP contribution in [0.2, 0.25) is 0 Å². The number of carbonyl (C=O) groups excluding carboxylic acids is 2. The van der Waals surface area contributed by atoms with Gasteiger partial charge < -0.3 is 10.1 Å². The lowest BCUT2D eigenvalue weighted by Crippen LogP contribution is -2.37. The molecule has 2 aromatic carbocycles. The summed E-state index contributed by atoms with van der Waals surface area (Å²) < 4.78 is 31.3. The molecular weight excluding hydrogens is 382 g/mol. The first-order valence-electron chi connectivity index (χ1n) is 8.35. The third-order valence-corrected chi connectivity index (χ3v) is 6.11. The highest BCUT2D eigenvalue weighted by Crippen LogP contribution is 2.22. The van der Waals surface area contributed by atoms with Crippen molar-refractivity contribution in [3.63, 3.8) is 0 Å². The summed E-state index contributed by atoms with van der Waals surface area (Å²) in [6.07, 6.45) is 0. The summed E-state index contributed by atoms with van der Waals surface area (Å²) in [5, 5.41) is 2.76. The van der Waals surface area contributed by atoms with Crippen molar-refractivity contribution in [2.45, 2.75) is 6.92 Å². The molecule has 0 unspecified atom stereocenters. The van der Waals surface area contributed by atoms with E-state index in [1.807, 2.05) is 0 Å². The predicted molar refractivity (Wildman–Crippen MR) is 108 cm³/mol. The van der Waals surface area contributed by atoms with Gasteiger partial charge in [0.15, 0.2) is 0 Å². The van der Waals surface area contributed by atoms with Crippen molar-refractivity contribution in [2.75, 3.05) is 37.9 Å². The number of anilines is 2. The fourth-order valence-corrected chi connectivity index (χ4v) is 3.38. The maximum atomic E-state index is 12.5. The second-order valence-corrected chi connectivity index (χ2v) is 8.40. The molecule has 0 fully saturated rings. The third kappa shape index (κ3) is 4.32. The second kappa shape index (κ2) is 8.41. The summed E-state index contributed by atoms with van der Waals surface area (Å²) in [7, 11) is 2.01. The van der Waals surface area contributed by atoms with Gasteiger partial charge in [0.2, 0.25) is 0 Å². The summed E-state index contributed by atoms with van der Waals surface area (Å²) >= 11 is 0. The lowest BCUT2D eigenvalue weighted by molar-refractivity contribution is 0.0599. The summed E-state index contributed by atoms with van der Waals surface area (Å²) in [5.41, 5.74) is 2.22. The van der Waals surface area contributed by atoms with E-state index in [9.17, 15) is 18.0 Å². The lowest BCUT2D eigenvalue weighted by Gasteiger charge is -2.23. The molecule has 0 bridgehead atoms. The van der Waals surface area contributed by atoms with Gasteiger partial charge in [-0.15, -0.1) is 0 Å². The summed E-state index contributed by atoms with van der Waals surface area (Å²) in [4.78, 5) is 24.3. The van der Waals surface area contributed by atoms with Gasteiger partial charge in [0, 0.05) is 32.4 Å². The van der Waals surface area contributed by atoms with Gasteiger partial charge in [-0.05, 0) is 48.9 Å². The van der Waals surface area contributed by atoms with Gasteiger partial charge in [-0.3, -0.25) is 9.10 Å². The van der Waals surface area contributed by atoms with Crippen LogP contribution in [-0.4, -0.2) is 52.9 Å². The normalized spacial score (nSPS) is 11.2. The van der Waals surface area contributed by atoms with Crippen LogP contribution in [0.15, 0.2) is 42.5 Å². The van der Waals surface area contributed by atoms with Gasteiger partial charge in [-0.25, -0.2) is 4.79 Å². The minimum atomic E-state index is -3.61. The van der Waals surface area contributed by atoms with E-state index in [4.69, 9.17) is 4.74 Å². The standard InChI is InChI=1S/C19H23N3O5S/c1-13-16(19(24)27-5)7-6-8-17(13)20-18(23)14-9-11-15(12-10-14)22(4)28(25,26)21(2)3/h6-12H,1-5H3,(H,20,23). The fraction of sp³-hybridized carbons (Fsp3) is 0.263. The largest absolute Gasteiger partial charge is 0.465 e. The molecule has 1 N–H and O–H groups in total. The van der Waals surface area contributed by atoms with Crippen LogP contribution < -0.4 is 9.62 Å². The number of methoxy groups -OCH3 is 1. The SMILES string of the molecule is COC(=O)c1cccc(NC(=O)c2ccc(N(C)S(=O)(=O)N(C)C)cc2)c1C. The molecule has 8 nitrogen and oxygen atoms in total. The number of rotatable bonds is 6. The number of hydrogen-bond donors (Lipinski definition) is 1. The fourth-order valence-electron chi connectivity index (χ4n) is 2.50. The molecule has 1 amide bonds. The minimum Gasteiger partial charge on any atom is -0.465 e. The van der Waals surface area contributed by atoms with E-state index >= 15 is 0 Å². The Morgan fingerprint density at radius 2 is 1.61 bits per heavy atom. The Bertz CT molecular complexity index is 985. The van der Waals surface area contributed by atoms with Crippen molar-refractivity contribution in [1.82, 2.24) is 4.31 Å². The van der Waals surface area contributed by atoms with E-state index in [0.717, 1.165) is 8.61 Å².